The van der Waals surface area contributed by atoms with Crippen molar-refractivity contribution in [2.24, 2.45) is 5.41 Å². The van der Waals surface area contributed by atoms with E-state index in [4.69, 9.17) is 0 Å². The van der Waals surface area contributed by atoms with E-state index in [2.05, 4.69) is 6.92 Å². The number of carboxylic acid groups (broad SMARTS) is 1. The maximum Gasteiger partial charge on any atom is 0.311 e. The van der Waals surface area contributed by atoms with Crippen molar-refractivity contribution in [2.75, 3.05) is 6.61 Å². The van der Waals surface area contributed by atoms with Gasteiger partial charge in [0.2, 0.25) is 0 Å². The highest BCUT2D eigenvalue weighted by atomic mass is 16.4. The standard InChI is InChI=1S/C16H32O3/c1-3-5-6-7-8-9-10-11-13-16(14-17,12-4-2)15(18)19/h17H,3-14H2,1-2H3,(H,18,19). The Hall–Kier alpha value is -0.570. The van der Waals surface area contributed by atoms with E-state index >= 15 is 0 Å². The predicted molar refractivity (Wildman–Crippen MR) is 79.3 cm³/mol. The first-order chi connectivity index (χ1) is 9.13. The second-order valence-electron chi connectivity index (χ2n) is 5.72. The second kappa shape index (κ2) is 11.3. The summed E-state index contributed by atoms with van der Waals surface area (Å²) in [5.41, 5.74) is -0.892. The summed E-state index contributed by atoms with van der Waals surface area (Å²) in [6, 6.07) is 0. The molecule has 0 amide bonds. The van der Waals surface area contributed by atoms with E-state index in [1.165, 1.54) is 38.5 Å². The Balaban J connectivity index is 3.78. The van der Waals surface area contributed by atoms with Crippen molar-refractivity contribution in [1.82, 2.24) is 0 Å². The molecule has 0 aliphatic rings. The molecule has 0 radical (unpaired) electrons. The lowest BCUT2D eigenvalue weighted by Gasteiger charge is -2.26. The summed E-state index contributed by atoms with van der Waals surface area (Å²) in [6.45, 7) is 3.96. The van der Waals surface area contributed by atoms with Gasteiger partial charge in [-0.3, -0.25) is 4.79 Å². The van der Waals surface area contributed by atoms with Crippen LogP contribution in [0.5, 0.6) is 0 Å². The van der Waals surface area contributed by atoms with Crippen molar-refractivity contribution < 1.29 is 15.0 Å². The van der Waals surface area contributed by atoms with Gasteiger partial charge in [-0.1, -0.05) is 71.6 Å². The molecular formula is C16H32O3. The molecule has 0 saturated carbocycles. The molecule has 3 nitrogen and oxygen atoms in total. The highest BCUT2D eigenvalue weighted by molar-refractivity contribution is 5.74. The van der Waals surface area contributed by atoms with Gasteiger partial charge in [0, 0.05) is 0 Å². The molecule has 0 fully saturated rings. The lowest BCUT2D eigenvalue weighted by molar-refractivity contribution is -0.152. The molecule has 1 atom stereocenters. The summed E-state index contributed by atoms with van der Waals surface area (Å²) in [5.74, 6) is -0.834. The van der Waals surface area contributed by atoms with Crippen LogP contribution in [0.3, 0.4) is 0 Å². The molecule has 0 heterocycles. The van der Waals surface area contributed by atoms with Crippen LogP contribution >= 0.6 is 0 Å². The summed E-state index contributed by atoms with van der Waals surface area (Å²) >= 11 is 0. The first-order valence-electron chi connectivity index (χ1n) is 7.97. The number of aliphatic hydroxyl groups excluding tert-OH is 1. The molecule has 3 heteroatoms. The largest absolute Gasteiger partial charge is 0.481 e. The average Bonchev–Trinajstić information content (AvgIpc) is 2.40. The van der Waals surface area contributed by atoms with Gasteiger partial charge in [0.1, 0.15) is 0 Å². The zero-order valence-corrected chi connectivity index (χ0v) is 12.8. The Labute approximate surface area is 118 Å². The Morgan fingerprint density at radius 3 is 1.79 bits per heavy atom. The second-order valence-corrected chi connectivity index (χ2v) is 5.72. The van der Waals surface area contributed by atoms with Crippen molar-refractivity contribution in [3.8, 4) is 0 Å². The summed E-state index contributed by atoms with van der Waals surface area (Å²) in [4.78, 5) is 11.3. The van der Waals surface area contributed by atoms with Gasteiger partial charge in [-0.15, -0.1) is 0 Å². The molecule has 0 aromatic heterocycles. The third-order valence-electron chi connectivity index (χ3n) is 3.99. The van der Waals surface area contributed by atoms with Crippen LogP contribution in [-0.4, -0.2) is 22.8 Å². The van der Waals surface area contributed by atoms with Crippen LogP contribution in [0.4, 0.5) is 0 Å². The summed E-state index contributed by atoms with van der Waals surface area (Å²) in [5, 5.41) is 18.7. The third kappa shape index (κ3) is 7.56. The highest BCUT2D eigenvalue weighted by Gasteiger charge is 2.36. The van der Waals surface area contributed by atoms with Crippen molar-refractivity contribution in [3.63, 3.8) is 0 Å². The molecule has 2 N–H and O–H groups in total. The maximum absolute atomic E-state index is 11.3. The number of rotatable bonds is 13. The molecule has 0 saturated heterocycles. The van der Waals surface area contributed by atoms with Crippen LogP contribution in [0.2, 0.25) is 0 Å². The number of aliphatic hydroxyl groups is 1. The fourth-order valence-electron chi connectivity index (χ4n) is 2.64. The van der Waals surface area contributed by atoms with E-state index in [9.17, 15) is 15.0 Å². The van der Waals surface area contributed by atoms with Crippen LogP contribution < -0.4 is 0 Å². The molecule has 114 valence electrons. The number of aliphatic carboxylic acids is 1. The topological polar surface area (TPSA) is 57.5 Å². The minimum absolute atomic E-state index is 0.229. The van der Waals surface area contributed by atoms with Gasteiger partial charge in [-0.25, -0.2) is 0 Å². The van der Waals surface area contributed by atoms with Crippen LogP contribution in [0.1, 0.15) is 84.5 Å². The van der Waals surface area contributed by atoms with Gasteiger partial charge < -0.3 is 10.2 Å². The normalized spacial score (nSPS) is 14.3. The molecule has 0 aliphatic heterocycles. The molecule has 0 aromatic carbocycles. The van der Waals surface area contributed by atoms with Crippen LogP contribution in [0.15, 0.2) is 0 Å². The Morgan fingerprint density at radius 2 is 1.37 bits per heavy atom. The molecule has 19 heavy (non-hydrogen) atoms. The average molecular weight is 272 g/mol. The van der Waals surface area contributed by atoms with Gasteiger partial charge in [-0.05, 0) is 12.8 Å². The molecule has 0 spiro atoms. The number of hydrogen-bond acceptors (Lipinski definition) is 2. The van der Waals surface area contributed by atoms with E-state index in [1.54, 1.807) is 0 Å². The van der Waals surface area contributed by atoms with Crippen molar-refractivity contribution >= 4 is 5.97 Å². The molecular weight excluding hydrogens is 240 g/mol. The van der Waals surface area contributed by atoms with Gasteiger partial charge in [0.25, 0.3) is 0 Å². The summed E-state index contributed by atoms with van der Waals surface area (Å²) < 4.78 is 0. The van der Waals surface area contributed by atoms with Gasteiger partial charge in [0.15, 0.2) is 0 Å². The maximum atomic E-state index is 11.3. The van der Waals surface area contributed by atoms with Crippen LogP contribution in [0, 0.1) is 5.41 Å². The monoisotopic (exact) mass is 272 g/mol. The first kappa shape index (κ1) is 18.4. The number of unbranched alkanes of at least 4 members (excludes halogenated alkanes) is 7. The van der Waals surface area contributed by atoms with E-state index in [0.29, 0.717) is 12.8 Å². The van der Waals surface area contributed by atoms with Crippen LogP contribution in [0.25, 0.3) is 0 Å². The highest BCUT2D eigenvalue weighted by Crippen LogP contribution is 2.30. The van der Waals surface area contributed by atoms with E-state index in [0.717, 1.165) is 19.3 Å². The summed E-state index contributed by atoms with van der Waals surface area (Å²) in [7, 11) is 0. The van der Waals surface area contributed by atoms with Gasteiger partial charge in [0.05, 0.1) is 12.0 Å². The lowest BCUT2D eigenvalue weighted by Crippen LogP contribution is -2.34. The smallest absolute Gasteiger partial charge is 0.311 e. The zero-order chi connectivity index (χ0) is 14.6. The minimum Gasteiger partial charge on any atom is -0.481 e. The Kier molecular flexibility index (Phi) is 10.9. The van der Waals surface area contributed by atoms with Gasteiger partial charge in [-0.2, -0.15) is 0 Å². The fourth-order valence-corrected chi connectivity index (χ4v) is 2.64. The SMILES string of the molecule is CCCCCCCCCCC(CO)(CCC)C(=O)O. The minimum atomic E-state index is -0.892. The van der Waals surface area contributed by atoms with Gasteiger partial charge >= 0.3 is 5.97 Å². The molecule has 0 aliphatic carbocycles. The summed E-state index contributed by atoms with van der Waals surface area (Å²) in [6.07, 6.45) is 11.7. The van der Waals surface area contributed by atoms with Crippen molar-refractivity contribution in [2.45, 2.75) is 84.5 Å². The van der Waals surface area contributed by atoms with E-state index in [1.807, 2.05) is 6.92 Å². The Bertz CT molecular complexity index is 228. The first-order valence-corrected chi connectivity index (χ1v) is 7.97. The number of carbonyl (C=O) groups is 1. The zero-order valence-electron chi connectivity index (χ0n) is 12.8. The number of hydrogen-bond donors (Lipinski definition) is 2. The Morgan fingerprint density at radius 1 is 0.842 bits per heavy atom. The quantitative estimate of drug-likeness (QED) is 0.489. The predicted octanol–water partition coefficient (Wildman–Crippen LogP) is 4.38. The van der Waals surface area contributed by atoms with Crippen molar-refractivity contribution in [3.05, 3.63) is 0 Å². The number of carboxylic acids is 1. The van der Waals surface area contributed by atoms with E-state index in [-0.39, 0.29) is 6.61 Å². The fraction of sp³-hybridized carbons (Fsp3) is 0.938. The molecule has 0 rings (SSSR count). The molecule has 0 bridgehead atoms. The van der Waals surface area contributed by atoms with Crippen molar-refractivity contribution in [1.29, 1.82) is 0 Å². The molecule has 1 unspecified atom stereocenters. The van der Waals surface area contributed by atoms with Crippen LogP contribution in [-0.2, 0) is 4.79 Å². The van der Waals surface area contributed by atoms with E-state index < -0.39 is 11.4 Å². The molecule has 0 aromatic rings. The lowest BCUT2D eigenvalue weighted by atomic mass is 9.79. The third-order valence-corrected chi connectivity index (χ3v) is 3.99.